The minimum absolute atomic E-state index is 0.175. The summed E-state index contributed by atoms with van der Waals surface area (Å²) in [6.45, 7) is 0.963. The first-order chi connectivity index (χ1) is 14.4. The zero-order chi connectivity index (χ0) is 20.8. The van der Waals surface area contributed by atoms with Crippen molar-refractivity contribution < 1.29 is 8.78 Å². The van der Waals surface area contributed by atoms with Crippen molar-refractivity contribution in [3.05, 3.63) is 24.0 Å². The first kappa shape index (κ1) is 19.7. The van der Waals surface area contributed by atoms with Crippen molar-refractivity contribution in [3.63, 3.8) is 0 Å². The molecule has 3 heterocycles. The summed E-state index contributed by atoms with van der Waals surface area (Å²) in [5.41, 5.74) is 0.309. The molecule has 1 atom stereocenters. The van der Waals surface area contributed by atoms with Gasteiger partial charge in [-0.3, -0.25) is 5.10 Å². The Morgan fingerprint density at radius 1 is 1.17 bits per heavy atom. The topological polar surface area (TPSA) is 81.8 Å². The number of hydrogen-bond donors (Lipinski definition) is 3. The van der Waals surface area contributed by atoms with Crippen molar-refractivity contribution in [3.8, 4) is 0 Å². The molecule has 2 aliphatic carbocycles. The van der Waals surface area contributed by atoms with E-state index in [-0.39, 0.29) is 12.5 Å². The van der Waals surface area contributed by atoms with Crippen LogP contribution in [-0.4, -0.2) is 57.2 Å². The molecule has 0 bridgehead atoms. The van der Waals surface area contributed by atoms with E-state index in [2.05, 4.69) is 30.8 Å². The molecule has 3 aliphatic rings. The highest BCUT2D eigenvalue weighted by molar-refractivity contribution is 5.53. The lowest BCUT2D eigenvalue weighted by Crippen LogP contribution is -2.66. The Labute approximate surface area is 175 Å². The summed E-state index contributed by atoms with van der Waals surface area (Å²) in [6, 6.07) is 3.46. The van der Waals surface area contributed by atoms with E-state index < -0.39 is 11.3 Å². The van der Waals surface area contributed by atoms with Crippen molar-refractivity contribution in [2.45, 2.75) is 62.8 Å². The molecule has 0 aromatic carbocycles. The van der Waals surface area contributed by atoms with Gasteiger partial charge in [0.25, 0.3) is 5.92 Å². The third-order valence-electron chi connectivity index (χ3n) is 7.03. The smallest absolute Gasteiger partial charge is 0.258 e. The maximum absolute atomic E-state index is 14.8. The number of halogens is 2. The Kier molecular flexibility index (Phi) is 4.88. The maximum Gasteiger partial charge on any atom is 0.258 e. The highest BCUT2D eigenvalue weighted by Crippen LogP contribution is 2.53. The lowest BCUT2D eigenvalue weighted by Gasteiger charge is -2.56. The van der Waals surface area contributed by atoms with Crippen LogP contribution in [0.15, 0.2) is 18.3 Å². The van der Waals surface area contributed by atoms with E-state index in [1.807, 2.05) is 18.0 Å². The number of H-pyrrole nitrogens is 1. The van der Waals surface area contributed by atoms with Gasteiger partial charge in [-0.25, -0.2) is 13.8 Å². The monoisotopic (exact) mass is 417 g/mol. The molecule has 30 heavy (non-hydrogen) atoms. The molecule has 2 aromatic heterocycles. The molecule has 1 saturated heterocycles. The molecule has 3 fully saturated rings. The summed E-state index contributed by atoms with van der Waals surface area (Å²) in [4.78, 5) is 10.7. The summed E-state index contributed by atoms with van der Waals surface area (Å²) in [5, 5.41) is 13.8. The summed E-state index contributed by atoms with van der Waals surface area (Å²) < 4.78 is 29.6. The van der Waals surface area contributed by atoms with Crippen molar-refractivity contribution >= 4 is 17.6 Å². The first-order valence-corrected chi connectivity index (χ1v) is 10.9. The molecule has 2 saturated carbocycles. The molecular weight excluding hydrogens is 388 g/mol. The second kappa shape index (κ2) is 7.44. The highest BCUT2D eigenvalue weighted by atomic mass is 19.3. The lowest BCUT2D eigenvalue weighted by molar-refractivity contribution is -0.208. The fraction of sp³-hybridized carbons (Fsp3) is 0.667. The van der Waals surface area contributed by atoms with Gasteiger partial charge in [0.05, 0.1) is 5.41 Å². The fourth-order valence-electron chi connectivity index (χ4n) is 5.42. The molecule has 5 rings (SSSR count). The second-order valence-corrected chi connectivity index (χ2v) is 9.32. The van der Waals surface area contributed by atoms with E-state index in [1.165, 1.54) is 25.7 Å². The number of anilines is 3. The van der Waals surface area contributed by atoms with E-state index in [0.29, 0.717) is 49.4 Å². The van der Waals surface area contributed by atoms with Crippen LogP contribution in [-0.2, 0) is 0 Å². The Morgan fingerprint density at radius 3 is 2.70 bits per heavy atom. The predicted octanol–water partition coefficient (Wildman–Crippen LogP) is 4.13. The molecule has 1 spiro atoms. The Bertz CT molecular complexity index is 887. The van der Waals surface area contributed by atoms with Crippen LogP contribution in [0.4, 0.5) is 26.4 Å². The molecule has 1 unspecified atom stereocenters. The number of aromatic nitrogens is 4. The predicted molar refractivity (Wildman–Crippen MR) is 111 cm³/mol. The third kappa shape index (κ3) is 3.64. The number of rotatable bonds is 5. The van der Waals surface area contributed by atoms with E-state index in [9.17, 15) is 8.78 Å². The average Bonchev–Trinajstić information content (AvgIpc) is 3.35. The van der Waals surface area contributed by atoms with E-state index >= 15 is 0 Å². The zero-order valence-corrected chi connectivity index (χ0v) is 17.3. The third-order valence-corrected chi connectivity index (χ3v) is 7.03. The number of nitrogens with one attached hydrogen (secondary N) is 3. The number of alkyl halides is 2. The van der Waals surface area contributed by atoms with Gasteiger partial charge in [0.1, 0.15) is 5.82 Å². The van der Waals surface area contributed by atoms with Crippen LogP contribution in [0.3, 0.4) is 0 Å². The standard InChI is InChI=1S/C21H29F2N7/c1-30-12-20(13-30)8-6-15(11-21(20,22)23)25-19-24-9-7-17(27-19)26-18-10-16(28-29-18)14-4-2-3-5-14/h7,9-10,14-15H,2-6,8,11-13H2,1H3,(H3,24,25,26,27,28,29). The summed E-state index contributed by atoms with van der Waals surface area (Å²) in [6.07, 6.45) is 7.62. The highest BCUT2D eigenvalue weighted by Gasteiger charge is 2.61. The number of likely N-dealkylation sites (tertiary alicyclic amines) is 1. The van der Waals surface area contributed by atoms with Crippen molar-refractivity contribution in [2.24, 2.45) is 5.41 Å². The Morgan fingerprint density at radius 2 is 1.97 bits per heavy atom. The molecule has 0 amide bonds. The molecule has 9 heteroatoms. The van der Waals surface area contributed by atoms with Gasteiger partial charge in [0, 0.05) is 49.4 Å². The minimum atomic E-state index is -2.67. The van der Waals surface area contributed by atoms with E-state index in [1.54, 1.807) is 12.3 Å². The number of nitrogens with zero attached hydrogens (tertiary/aromatic N) is 4. The molecule has 0 radical (unpaired) electrons. The summed E-state index contributed by atoms with van der Waals surface area (Å²) in [5.74, 6) is -0.438. The molecule has 7 nitrogen and oxygen atoms in total. The van der Waals surface area contributed by atoms with Gasteiger partial charge in [-0.2, -0.15) is 10.1 Å². The van der Waals surface area contributed by atoms with Crippen LogP contribution in [0.1, 0.15) is 56.6 Å². The van der Waals surface area contributed by atoms with Gasteiger partial charge in [-0.1, -0.05) is 12.8 Å². The summed E-state index contributed by atoms with van der Waals surface area (Å²) >= 11 is 0. The summed E-state index contributed by atoms with van der Waals surface area (Å²) in [7, 11) is 1.90. The van der Waals surface area contributed by atoms with Crippen LogP contribution < -0.4 is 10.6 Å². The van der Waals surface area contributed by atoms with E-state index in [0.717, 1.165) is 5.69 Å². The van der Waals surface area contributed by atoms with Crippen LogP contribution in [0.5, 0.6) is 0 Å². The lowest BCUT2D eigenvalue weighted by atomic mass is 9.65. The number of hydrogen-bond acceptors (Lipinski definition) is 6. The Hall–Kier alpha value is -2.29. The zero-order valence-electron chi connectivity index (χ0n) is 17.3. The van der Waals surface area contributed by atoms with Gasteiger partial charge in [0.2, 0.25) is 5.95 Å². The molecular formula is C21H29F2N7. The van der Waals surface area contributed by atoms with Crippen LogP contribution >= 0.6 is 0 Å². The first-order valence-electron chi connectivity index (χ1n) is 10.9. The fourth-order valence-corrected chi connectivity index (χ4v) is 5.42. The largest absolute Gasteiger partial charge is 0.351 e. The van der Waals surface area contributed by atoms with Gasteiger partial charge < -0.3 is 15.5 Å². The quantitative estimate of drug-likeness (QED) is 0.679. The Balaban J connectivity index is 1.21. The SMILES string of the molecule is CN1CC2(CCC(Nc3nccc(Nc4cc(C5CCCC5)[nH]n4)n3)CC2(F)F)C1. The molecule has 2 aromatic rings. The van der Waals surface area contributed by atoms with Gasteiger partial charge >= 0.3 is 0 Å². The van der Waals surface area contributed by atoms with Crippen LogP contribution in [0.2, 0.25) is 0 Å². The van der Waals surface area contributed by atoms with Crippen molar-refractivity contribution in [1.82, 2.24) is 25.1 Å². The van der Waals surface area contributed by atoms with Crippen molar-refractivity contribution in [1.29, 1.82) is 0 Å². The van der Waals surface area contributed by atoms with Crippen LogP contribution in [0.25, 0.3) is 0 Å². The van der Waals surface area contributed by atoms with E-state index in [4.69, 9.17) is 0 Å². The van der Waals surface area contributed by atoms with Crippen LogP contribution in [0, 0.1) is 5.41 Å². The number of aromatic amines is 1. The van der Waals surface area contributed by atoms with Gasteiger partial charge in [-0.05, 0) is 38.8 Å². The maximum atomic E-state index is 14.8. The molecule has 162 valence electrons. The average molecular weight is 418 g/mol. The molecule has 1 aliphatic heterocycles. The second-order valence-electron chi connectivity index (χ2n) is 9.32. The molecule has 3 N–H and O–H groups in total. The normalized spacial score (nSPS) is 25.9. The minimum Gasteiger partial charge on any atom is -0.351 e. The van der Waals surface area contributed by atoms with Gasteiger partial charge in [0.15, 0.2) is 5.82 Å². The van der Waals surface area contributed by atoms with Gasteiger partial charge in [-0.15, -0.1) is 0 Å². The van der Waals surface area contributed by atoms with Crippen molar-refractivity contribution in [2.75, 3.05) is 30.8 Å².